The van der Waals surface area contributed by atoms with Crippen LogP contribution in [0.3, 0.4) is 0 Å². The zero-order valence-electron chi connectivity index (χ0n) is 9.96. The van der Waals surface area contributed by atoms with Crippen LogP contribution in [-0.4, -0.2) is 29.8 Å². The number of hydrogen-bond donors (Lipinski definition) is 1. The lowest BCUT2D eigenvalue weighted by Gasteiger charge is -2.04. The van der Waals surface area contributed by atoms with Gasteiger partial charge in [0.2, 0.25) is 0 Å². The molecule has 0 unspecified atom stereocenters. The van der Waals surface area contributed by atoms with Crippen LogP contribution in [0.15, 0.2) is 16.5 Å². The van der Waals surface area contributed by atoms with Crippen LogP contribution in [0.25, 0.3) is 0 Å². The molecule has 0 saturated heterocycles. The highest BCUT2D eigenvalue weighted by Gasteiger charge is 2.15. The molecule has 0 aliphatic heterocycles. The number of aliphatic hydroxyl groups excluding tert-OH is 1. The van der Waals surface area contributed by atoms with E-state index < -0.39 is 5.82 Å². The molecule has 2 aromatic rings. The zero-order chi connectivity index (χ0) is 13.1. The number of hydrogen-bond acceptors (Lipinski definition) is 6. The van der Waals surface area contributed by atoms with Crippen LogP contribution >= 0.6 is 11.8 Å². The summed E-state index contributed by atoms with van der Waals surface area (Å²) in [5, 5.41) is 17.3. The Morgan fingerprint density at radius 2 is 2.17 bits per heavy atom. The summed E-state index contributed by atoms with van der Waals surface area (Å²) >= 11 is 1.06. The highest BCUT2D eigenvalue weighted by molar-refractivity contribution is 7.99. The van der Waals surface area contributed by atoms with Crippen molar-refractivity contribution in [2.24, 2.45) is 7.05 Å². The molecule has 0 atom stereocenters. The number of aromatic nitrogens is 5. The van der Waals surface area contributed by atoms with Crippen molar-refractivity contribution in [2.45, 2.75) is 30.1 Å². The maximum absolute atomic E-state index is 13.9. The standard InChI is InChI=1S/C10H12FN5OS/c1-3-6-8(11)9(13-5-12-6)18-10-15-14-7(4-17)16(10)2/h5,17H,3-4H2,1-2H3. The molecule has 0 fully saturated rings. The first-order valence-electron chi connectivity index (χ1n) is 5.33. The van der Waals surface area contributed by atoms with Crippen LogP contribution in [0.5, 0.6) is 0 Å². The molecule has 0 aliphatic rings. The maximum Gasteiger partial charge on any atom is 0.197 e. The number of rotatable bonds is 4. The molecule has 0 amide bonds. The van der Waals surface area contributed by atoms with Crippen molar-refractivity contribution in [2.75, 3.05) is 0 Å². The van der Waals surface area contributed by atoms with Crippen molar-refractivity contribution in [3.63, 3.8) is 0 Å². The second-order valence-electron chi connectivity index (χ2n) is 3.51. The first kappa shape index (κ1) is 12.9. The summed E-state index contributed by atoms with van der Waals surface area (Å²) in [7, 11) is 1.70. The number of nitrogens with zero attached hydrogens (tertiary/aromatic N) is 5. The number of halogens is 1. The summed E-state index contributed by atoms with van der Waals surface area (Å²) in [5.41, 5.74) is 0.372. The Morgan fingerprint density at radius 3 is 2.78 bits per heavy atom. The van der Waals surface area contributed by atoms with Crippen molar-refractivity contribution < 1.29 is 9.50 Å². The van der Waals surface area contributed by atoms with E-state index in [4.69, 9.17) is 5.11 Å². The van der Waals surface area contributed by atoms with E-state index in [0.29, 0.717) is 23.1 Å². The van der Waals surface area contributed by atoms with Crippen molar-refractivity contribution >= 4 is 11.8 Å². The lowest BCUT2D eigenvalue weighted by molar-refractivity contribution is 0.266. The molecule has 0 aliphatic carbocycles. The minimum absolute atomic E-state index is 0.210. The molecule has 18 heavy (non-hydrogen) atoms. The topological polar surface area (TPSA) is 76.7 Å². The third-order valence-corrected chi connectivity index (χ3v) is 3.44. The van der Waals surface area contributed by atoms with Crippen LogP contribution in [0.4, 0.5) is 4.39 Å². The smallest absolute Gasteiger partial charge is 0.197 e. The molecule has 96 valence electrons. The second kappa shape index (κ2) is 5.40. The van der Waals surface area contributed by atoms with Crippen LogP contribution in [0.1, 0.15) is 18.4 Å². The van der Waals surface area contributed by atoms with E-state index in [-0.39, 0.29) is 11.6 Å². The third kappa shape index (κ3) is 2.34. The van der Waals surface area contributed by atoms with Crippen molar-refractivity contribution in [1.29, 1.82) is 0 Å². The fraction of sp³-hybridized carbons (Fsp3) is 0.400. The van der Waals surface area contributed by atoms with Gasteiger partial charge < -0.3 is 9.67 Å². The predicted octanol–water partition coefficient (Wildman–Crippen LogP) is 0.950. The fourth-order valence-corrected chi connectivity index (χ4v) is 2.17. The van der Waals surface area contributed by atoms with Gasteiger partial charge in [0.1, 0.15) is 18.0 Å². The van der Waals surface area contributed by atoms with Crippen LogP contribution in [0, 0.1) is 5.82 Å². The first-order valence-corrected chi connectivity index (χ1v) is 6.15. The molecule has 8 heteroatoms. The summed E-state index contributed by atoms with van der Waals surface area (Å²) in [6, 6.07) is 0. The summed E-state index contributed by atoms with van der Waals surface area (Å²) in [5.74, 6) is -0.0128. The monoisotopic (exact) mass is 269 g/mol. The van der Waals surface area contributed by atoms with E-state index in [2.05, 4.69) is 20.2 Å². The second-order valence-corrected chi connectivity index (χ2v) is 4.47. The van der Waals surface area contributed by atoms with E-state index in [1.807, 2.05) is 6.92 Å². The van der Waals surface area contributed by atoms with Gasteiger partial charge in [-0.3, -0.25) is 0 Å². The van der Waals surface area contributed by atoms with Gasteiger partial charge in [-0.05, 0) is 18.2 Å². The lowest BCUT2D eigenvalue weighted by atomic mass is 10.3. The minimum Gasteiger partial charge on any atom is -0.388 e. The summed E-state index contributed by atoms with van der Waals surface area (Å²) in [6.45, 7) is 1.61. The van der Waals surface area contributed by atoms with Crippen molar-refractivity contribution in [3.05, 3.63) is 23.7 Å². The fourth-order valence-electron chi connectivity index (χ4n) is 1.36. The van der Waals surface area contributed by atoms with Crippen LogP contribution in [-0.2, 0) is 20.1 Å². The van der Waals surface area contributed by atoms with Crippen LogP contribution in [0.2, 0.25) is 0 Å². The molecule has 0 spiro atoms. The minimum atomic E-state index is -0.432. The third-order valence-electron chi connectivity index (χ3n) is 2.42. The Morgan fingerprint density at radius 1 is 1.39 bits per heavy atom. The molecule has 2 aromatic heterocycles. The summed E-state index contributed by atoms with van der Waals surface area (Å²) in [6.07, 6.45) is 1.83. The zero-order valence-corrected chi connectivity index (χ0v) is 10.8. The summed E-state index contributed by atoms with van der Waals surface area (Å²) in [4.78, 5) is 7.75. The normalized spacial score (nSPS) is 10.9. The van der Waals surface area contributed by atoms with Gasteiger partial charge in [0, 0.05) is 7.05 Å². The Kier molecular flexibility index (Phi) is 3.87. The van der Waals surface area contributed by atoms with E-state index in [9.17, 15) is 4.39 Å². The quantitative estimate of drug-likeness (QED) is 0.833. The predicted molar refractivity (Wildman–Crippen MR) is 62.4 cm³/mol. The Hall–Kier alpha value is -1.54. The van der Waals surface area contributed by atoms with E-state index in [0.717, 1.165) is 11.8 Å². The molecule has 0 saturated carbocycles. The van der Waals surface area contributed by atoms with E-state index >= 15 is 0 Å². The van der Waals surface area contributed by atoms with Gasteiger partial charge in [0.25, 0.3) is 0 Å². The molecule has 6 nitrogen and oxygen atoms in total. The van der Waals surface area contributed by atoms with Gasteiger partial charge in [0.05, 0.1) is 5.69 Å². The average molecular weight is 269 g/mol. The number of aryl methyl sites for hydroxylation is 1. The average Bonchev–Trinajstić information content (AvgIpc) is 2.73. The first-order chi connectivity index (χ1) is 8.67. The van der Waals surface area contributed by atoms with E-state index in [1.165, 1.54) is 6.33 Å². The largest absolute Gasteiger partial charge is 0.388 e. The Bertz CT molecular complexity index is 559. The molecule has 0 bridgehead atoms. The number of aliphatic hydroxyl groups is 1. The Labute approximate surface area is 107 Å². The van der Waals surface area contributed by atoms with Crippen molar-refractivity contribution in [3.8, 4) is 0 Å². The van der Waals surface area contributed by atoms with Gasteiger partial charge in [-0.15, -0.1) is 10.2 Å². The molecule has 0 aromatic carbocycles. The SMILES string of the molecule is CCc1ncnc(Sc2nnc(CO)n2C)c1F. The molecule has 1 N–H and O–H groups in total. The van der Waals surface area contributed by atoms with Crippen LogP contribution < -0.4 is 0 Å². The summed E-state index contributed by atoms with van der Waals surface area (Å²) < 4.78 is 15.5. The van der Waals surface area contributed by atoms with Gasteiger partial charge >= 0.3 is 0 Å². The molecule has 0 radical (unpaired) electrons. The van der Waals surface area contributed by atoms with Gasteiger partial charge in [-0.1, -0.05) is 6.92 Å². The highest BCUT2D eigenvalue weighted by atomic mass is 32.2. The Balaban J connectivity index is 2.31. The molecular weight excluding hydrogens is 257 g/mol. The molecular formula is C10H12FN5OS. The van der Waals surface area contributed by atoms with Crippen molar-refractivity contribution in [1.82, 2.24) is 24.7 Å². The maximum atomic E-state index is 13.9. The van der Waals surface area contributed by atoms with Gasteiger partial charge in [0.15, 0.2) is 16.8 Å². The van der Waals surface area contributed by atoms with Gasteiger partial charge in [-0.25, -0.2) is 14.4 Å². The lowest BCUT2D eigenvalue weighted by Crippen LogP contribution is -2.01. The van der Waals surface area contributed by atoms with Gasteiger partial charge in [-0.2, -0.15) is 0 Å². The molecule has 2 rings (SSSR count). The highest BCUT2D eigenvalue weighted by Crippen LogP contribution is 2.27. The molecule has 2 heterocycles. The van der Waals surface area contributed by atoms with E-state index in [1.54, 1.807) is 11.6 Å².